The molecule has 0 saturated heterocycles. The first-order valence-corrected chi connectivity index (χ1v) is 10.0. The van der Waals surface area contributed by atoms with Crippen LogP contribution in [0.15, 0.2) is 79.3 Å². The van der Waals surface area contributed by atoms with Crippen LogP contribution >= 0.6 is 0 Å². The predicted molar refractivity (Wildman–Crippen MR) is 119 cm³/mol. The molecule has 1 aliphatic heterocycles. The Morgan fingerprint density at radius 3 is 2.55 bits per heavy atom. The Balaban J connectivity index is 1.36. The second kappa shape index (κ2) is 7.99. The van der Waals surface area contributed by atoms with E-state index in [2.05, 4.69) is 15.0 Å². The Hall–Kier alpha value is -4.06. The van der Waals surface area contributed by atoms with Gasteiger partial charge in [0.15, 0.2) is 5.82 Å². The zero-order chi connectivity index (χ0) is 21.2. The van der Waals surface area contributed by atoms with E-state index < -0.39 is 0 Å². The second-order valence-corrected chi connectivity index (χ2v) is 7.41. The van der Waals surface area contributed by atoms with Gasteiger partial charge in [-0.3, -0.25) is 9.78 Å². The first kappa shape index (κ1) is 18.9. The summed E-state index contributed by atoms with van der Waals surface area (Å²) in [5.41, 5.74) is 4.51. The van der Waals surface area contributed by atoms with Crippen molar-refractivity contribution in [3.05, 3.63) is 96.2 Å². The lowest BCUT2D eigenvalue weighted by molar-refractivity contribution is -0.122. The van der Waals surface area contributed by atoms with Crippen LogP contribution in [0.3, 0.4) is 0 Å². The molecule has 1 aliphatic rings. The molecule has 0 bridgehead atoms. The standard InChI is InChI=1S/C25H20N4O2/c1-29-15-21(24(25(29)30)18-10-12-26-13-11-18)17-6-8-20(9-7-17)31-16-23-27-14-19-4-2-3-5-22(19)28-23/h2-14H,15-16H2,1H3. The lowest BCUT2D eigenvalue weighted by Crippen LogP contribution is -2.21. The molecule has 0 saturated carbocycles. The average Bonchev–Trinajstić information content (AvgIpc) is 3.12. The Morgan fingerprint density at radius 1 is 0.968 bits per heavy atom. The quantitative estimate of drug-likeness (QED) is 0.500. The van der Waals surface area contributed by atoms with E-state index in [-0.39, 0.29) is 12.5 Å². The highest BCUT2D eigenvalue weighted by Crippen LogP contribution is 2.34. The fraction of sp³-hybridized carbons (Fsp3) is 0.120. The highest BCUT2D eigenvalue weighted by molar-refractivity contribution is 6.30. The molecule has 4 aromatic rings. The SMILES string of the molecule is CN1CC(c2ccc(OCc3ncc4ccccc4n3)cc2)=C(c2ccncc2)C1=O. The van der Waals surface area contributed by atoms with Crippen molar-refractivity contribution in [3.8, 4) is 5.75 Å². The minimum atomic E-state index is 0.0231. The molecule has 0 spiro atoms. The maximum absolute atomic E-state index is 12.7. The van der Waals surface area contributed by atoms with Crippen LogP contribution in [0.2, 0.25) is 0 Å². The van der Waals surface area contributed by atoms with E-state index in [0.717, 1.165) is 38.9 Å². The van der Waals surface area contributed by atoms with Crippen LogP contribution < -0.4 is 4.74 Å². The van der Waals surface area contributed by atoms with Crippen LogP contribution in [0, 0.1) is 0 Å². The van der Waals surface area contributed by atoms with Gasteiger partial charge in [-0.05, 0) is 47.0 Å². The van der Waals surface area contributed by atoms with Crippen molar-refractivity contribution in [2.45, 2.75) is 6.61 Å². The monoisotopic (exact) mass is 408 g/mol. The molecule has 2 aromatic heterocycles. The smallest absolute Gasteiger partial charge is 0.254 e. The normalized spacial score (nSPS) is 13.8. The Labute approximate surface area is 179 Å². The van der Waals surface area contributed by atoms with Gasteiger partial charge >= 0.3 is 0 Å². The molecule has 5 rings (SSSR count). The molecular weight excluding hydrogens is 388 g/mol. The number of nitrogens with zero attached hydrogens (tertiary/aromatic N) is 4. The van der Waals surface area contributed by atoms with Crippen LogP contribution in [-0.2, 0) is 11.4 Å². The van der Waals surface area contributed by atoms with E-state index in [1.165, 1.54) is 0 Å². The highest BCUT2D eigenvalue weighted by atomic mass is 16.5. The summed E-state index contributed by atoms with van der Waals surface area (Å²) in [7, 11) is 1.82. The van der Waals surface area contributed by atoms with E-state index in [0.29, 0.717) is 12.4 Å². The molecule has 31 heavy (non-hydrogen) atoms. The van der Waals surface area contributed by atoms with Crippen molar-refractivity contribution in [3.63, 3.8) is 0 Å². The van der Waals surface area contributed by atoms with Crippen LogP contribution in [0.4, 0.5) is 0 Å². The number of hydrogen-bond donors (Lipinski definition) is 0. The maximum atomic E-state index is 12.7. The molecule has 152 valence electrons. The van der Waals surface area contributed by atoms with Gasteiger partial charge in [0.05, 0.1) is 11.1 Å². The number of aromatic nitrogens is 3. The molecule has 0 aliphatic carbocycles. The number of ether oxygens (including phenoxy) is 1. The number of hydrogen-bond acceptors (Lipinski definition) is 5. The van der Waals surface area contributed by atoms with Crippen molar-refractivity contribution in [1.29, 1.82) is 0 Å². The zero-order valence-corrected chi connectivity index (χ0v) is 17.0. The number of carbonyl (C=O) groups is 1. The Bertz CT molecular complexity index is 1280. The summed E-state index contributed by atoms with van der Waals surface area (Å²) in [5, 5.41) is 1.00. The van der Waals surface area contributed by atoms with E-state index in [1.54, 1.807) is 17.3 Å². The van der Waals surface area contributed by atoms with Crippen LogP contribution in [-0.4, -0.2) is 39.4 Å². The zero-order valence-electron chi connectivity index (χ0n) is 17.0. The Kier molecular flexibility index (Phi) is 4.88. The molecule has 2 aromatic carbocycles. The van der Waals surface area contributed by atoms with Gasteiger partial charge in [0.2, 0.25) is 0 Å². The van der Waals surface area contributed by atoms with Gasteiger partial charge in [-0.2, -0.15) is 0 Å². The fourth-order valence-corrected chi connectivity index (χ4v) is 3.74. The molecule has 0 unspecified atom stereocenters. The van der Waals surface area contributed by atoms with E-state index in [1.807, 2.05) is 73.9 Å². The van der Waals surface area contributed by atoms with Gasteiger partial charge in [0.25, 0.3) is 5.91 Å². The number of benzene rings is 2. The lowest BCUT2D eigenvalue weighted by Gasteiger charge is -2.09. The summed E-state index contributed by atoms with van der Waals surface area (Å²) in [4.78, 5) is 27.4. The number of para-hydroxylation sites is 1. The second-order valence-electron chi connectivity index (χ2n) is 7.41. The van der Waals surface area contributed by atoms with E-state index in [4.69, 9.17) is 4.74 Å². The topological polar surface area (TPSA) is 68.2 Å². The summed E-state index contributed by atoms with van der Waals surface area (Å²) in [6.07, 6.45) is 5.22. The number of carbonyl (C=O) groups excluding carboxylic acids is 1. The third kappa shape index (κ3) is 3.75. The molecule has 6 heteroatoms. The van der Waals surface area contributed by atoms with Crippen LogP contribution in [0.1, 0.15) is 17.0 Å². The van der Waals surface area contributed by atoms with Gasteiger partial charge < -0.3 is 9.64 Å². The number of rotatable bonds is 5. The van der Waals surface area contributed by atoms with Crippen molar-refractivity contribution in [2.24, 2.45) is 0 Å². The maximum Gasteiger partial charge on any atom is 0.254 e. The van der Waals surface area contributed by atoms with Crippen LogP contribution in [0.25, 0.3) is 22.0 Å². The van der Waals surface area contributed by atoms with Gasteiger partial charge in [0.1, 0.15) is 12.4 Å². The summed E-state index contributed by atoms with van der Waals surface area (Å²) in [5.74, 6) is 1.38. The average molecular weight is 408 g/mol. The first-order chi connectivity index (χ1) is 15.2. The van der Waals surface area contributed by atoms with Crippen molar-refractivity contribution < 1.29 is 9.53 Å². The molecule has 0 atom stereocenters. The molecule has 0 radical (unpaired) electrons. The van der Waals surface area contributed by atoms with Gasteiger partial charge in [0, 0.05) is 37.6 Å². The molecule has 1 amide bonds. The largest absolute Gasteiger partial charge is 0.486 e. The number of fused-ring (bicyclic) bond motifs is 1. The number of likely N-dealkylation sites (N-methyl/N-ethyl adjacent to an activating group) is 1. The summed E-state index contributed by atoms with van der Waals surface area (Å²) in [6, 6.07) is 19.4. The third-order valence-corrected chi connectivity index (χ3v) is 5.34. The van der Waals surface area contributed by atoms with Crippen molar-refractivity contribution >= 4 is 28.0 Å². The minimum Gasteiger partial charge on any atom is -0.486 e. The summed E-state index contributed by atoms with van der Waals surface area (Å²) >= 11 is 0. The van der Waals surface area contributed by atoms with Gasteiger partial charge in [-0.1, -0.05) is 30.3 Å². The molecule has 0 N–H and O–H groups in total. The molecule has 0 fully saturated rings. The number of pyridine rings is 1. The molecule has 3 heterocycles. The summed E-state index contributed by atoms with van der Waals surface area (Å²) < 4.78 is 5.89. The third-order valence-electron chi connectivity index (χ3n) is 5.34. The molecular formula is C25H20N4O2. The first-order valence-electron chi connectivity index (χ1n) is 10.0. The minimum absolute atomic E-state index is 0.0231. The fourth-order valence-electron chi connectivity index (χ4n) is 3.74. The van der Waals surface area contributed by atoms with Gasteiger partial charge in [-0.15, -0.1) is 0 Å². The van der Waals surface area contributed by atoms with E-state index >= 15 is 0 Å². The van der Waals surface area contributed by atoms with Crippen molar-refractivity contribution in [2.75, 3.05) is 13.6 Å². The highest BCUT2D eigenvalue weighted by Gasteiger charge is 2.29. The lowest BCUT2D eigenvalue weighted by atomic mass is 9.97. The van der Waals surface area contributed by atoms with E-state index in [9.17, 15) is 4.79 Å². The summed E-state index contributed by atoms with van der Waals surface area (Å²) in [6.45, 7) is 0.859. The van der Waals surface area contributed by atoms with Crippen molar-refractivity contribution in [1.82, 2.24) is 19.9 Å². The van der Waals surface area contributed by atoms with Crippen LogP contribution in [0.5, 0.6) is 5.75 Å². The number of amides is 1. The Morgan fingerprint density at radius 2 is 1.74 bits per heavy atom. The molecule has 6 nitrogen and oxygen atoms in total. The van der Waals surface area contributed by atoms with Gasteiger partial charge in [-0.25, -0.2) is 9.97 Å². The predicted octanol–water partition coefficient (Wildman–Crippen LogP) is 3.99.